The Morgan fingerprint density at radius 3 is 2.55 bits per heavy atom. The van der Waals surface area contributed by atoms with Gasteiger partial charge in [0.1, 0.15) is 5.76 Å². The molecule has 1 aromatic carbocycles. The highest BCUT2D eigenvalue weighted by atomic mass is 16.6. The van der Waals surface area contributed by atoms with E-state index in [1.54, 1.807) is 13.0 Å². The van der Waals surface area contributed by atoms with Crippen LogP contribution in [-0.4, -0.2) is 24.1 Å². The Bertz CT molecular complexity index is 557. The van der Waals surface area contributed by atoms with E-state index in [0.717, 1.165) is 6.08 Å². The summed E-state index contributed by atoms with van der Waals surface area (Å²) in [6.07, 6.45) is 1.11. The first-order valence-corrected chi connectivity index (χ1v) is 5.71. The number of nitrogens with zero attached hydrogens (tertiary/aromatic N) is 2. The molecular weight excluding hydrogens is 264 g/mol. The van der Waals surface area contributed by atoms with Gasteiger partial charge in [-0.25, -0.2) is 4.79 Å². The predicted octanol–water partition coefficient (Wildman–Crippen LogP) is 2.04. The van der Waals surface area contributed by atoms with Crippen molar-refractivity contribution >= 4 is 17.4 Å². The molecular formula is C13H12N2O5. The number of nitriles is 1. The molecule has 0 aliphatic heterocycles. The van der Waals surface area contributed by atoms with E-state index in [9.17, 15) is 14.9 Å². The van der Waals surface area contributed by atoms with Gasteiger partial charge >= 0.3 is 5.97 Å². The minimum Gasteiger partial charge on any atom is -0.481 e. The highest BCUT2D eigenvalue weighted by Crippen LogP contribution is 2.19. The van der Waals surface area contributed by atoms with Gasteiger partial charge in [-0.2, -0.15) is 5.26 Å². The summed E-state index contributed by atoms with van der Waals surface area (Å²) in [5.74, 6) is -0.409. The largest absolute Gasteiger partial charge is 0.481 e. The number of carbonyl (C=O) groups excluding carboxylic acids is 1. The summed E-state index contributed by atoms with van der Waals surface area (Å²) in [6, 6.07) is 7.23. The van der Waals surface area contributed by atoms with Gasteiger partial charge in [-0.3, -0.25) is 10.1 Å². The Balaban J connectivity index is 2.82. The molecule has 0 fully saturated rings. The number of ether oxygens (including phenoxy) is 2. The number of non-ortho nitro benzene ring substituents is 1. The Morgan fingerprint density at radius 1 is 1.40 bits per heavy atom. The second kappa shape index (κ2) is 7.53. The first kappa shape index (κ1) is 15.2. The third-order valence-corrected chi connectivity index (χ3v) is 2.21. The Labute approximate surface area is 115 Å². The van der Waals surface area contributed by atoms with Crippen LogP contribution in [0.15, 0.2) is 30.3 Å². The number of nitro groups is 1. The number of hydrogen-bond acceptors (Lipinski definition) is 6. The predicted molar refractivity (Wildman–Crippen MR) is 69.3 cm³/mol. The van der Waals surface area contributed by atoms with Crippen molar-refractivity contribution in [3.63, 3.8) is 0 Å². The van der Waals surface area contributed by atoms with Crippen LogP contribution in [0, 0.1) is 21.4 Å². The number of hydrogen-bond donors (Lipinski definition) is 0. The van der Waals surface area contributed by atoms with Gasteiger partial charge in [0.05, 0.1) is 23.7 Å². The second-order valence-electron chi connectivity index (χ2n) is 3.54. The van der Waals surface area contributed by atoms with E-state index in [1.165, 1.54) is 24.3 Å². The quantitative estimate of drug-likeness (QED) is 0.259. The summed E-state index contributed by atoms with van der Waals surface area (Å²) in [6.45, 7) is 1.57. The first-order valence-electron chi connectivity index (χ1n) is 5.71. The SMILES string of the molecule is CCOC(=O)CO/C(=C\C#N)c1ccc([N+](=O)[O-])cc1. The van der Waals surface area contributed by atoms with Crippen molar-refractivity contribution in [1.29, 1.82) is 5.26 Å². The molecule has 0 saturated heterocycles. The van der Waals surface area contributed by atoms with E-state index in [0.29, 0.717) is 5.56 Å². The van der Waals surface area contributed by atoms with E-state index < -0.39 is 10.9 Å². The molecule has 1 aromatic rings. The van der Waals surface area contributed by atoms with E-state index in [4.69, 9.17) is 14.7 Å². The Kier molecular flexibility index (Phi) is 5.72. The minimum atomic E-state index is -0.557. The topological polar surface area (TPSA) is 102 Å². The lowest BCUT2D eigenvalue weighted by Crippen LogP contribution is -2.12. The van der Waals surface area contributed by atoms with Crippen LogP contribution in [0.4, 0.5) is 5.69 Å². The third kappa shape index (κ3) is 4.42. The molecule has 0 atom stereocenters. The monoisotopic (exact) mass is 276 g/mol. The number of rotatable bonds is 6. The molecule has 0 aliphatic rings. The molecule has 0 aromatic heterocycles. The van der Waals surface area contributed by atoms with E-state index in [-0.39, 0.29) is 24.7 Å². The molecule has 0 bridgehead atoms. The van der Waals surface area contributed by atoms with E-state index in [1.807, 2.05) is 0 Å². The number of esters is 1. The molecule has 0 unspecified atom stereocenters. The number of nitro benzene ring substituents is 1. The molecule has 0 N–H and O–H groups in total. The van der Waals surface area contributed by atoms with E-state index in [2.05, 4.69) is 0 Å². The van der Waals surface area contributed by atoms with Gasteiger partial charge in [-0.1, -0.05) is 0 Å². The van der Waals surface area contributed by atoms with Crippen molar-refractivity contribution < 1.29 is 19.2 Å². The van der Waals surface area contributed by atoms with Crippen LogP contribution >= 0.6 is 0 Å². The van der Waals surface area contributed by atoms with Gasteiger partial charge in [-0.15, -0.1) is 0 Å². The van der Waals surface area contributed by atoms with Crippen LogP contribution in [0.3, 0.4) is 0 Å². The first-order chi connectivity index (χ1) is 9.58. The smallest absolute Gasteiger partial charge is 0.344 e. The lowest BCUT2D eigenvalue weighted by atomic mass is 10.1. The highest BCUT2D eigenvalue weighted by Gasteiger charge is 2.10. The van der Waals surface area contributed by atoms with Gasteiger partial charge in [0, 0.05) is 17.7 Å². The van der Waals surface area contributed by atoms with Gasteiger partial charge in [0.2, 0.25) is 0 Å². The van der Waals surface area contributed by atoms with Crippen LogP contribution in [0.25, 0.3) is 5.76 Å². The molecule has 0 heterocycles. The van der Waals surface area contributed by atoms with Crippen LogP contribution in [0.5, 0.6) is 0 Å². The third-order valence-electron chi connectivity index (χ3n) is 2.21. The van der Waals surface area contributed by atoms with E-state index >= 15 is 0 Å². The van der Waals surface area contributed by atoms with Gasteiger partial charge < -0.3 is 9.47 Å². The number of carbonyl (C=O) groups is 1. The minimum absolute atomic E-state index is 0.0737. The lowest BCUT2D eigenvalue weighted by molar-refractivity contribution is -0.384. The van der Waals surface area contributed by atoms with Crippen LogP contribution < -0.4 is 0 Å². The number of benzene rings is 1. The zero-order chi connectivity index (χ0) is 15.0. The van der Waals surface area contributed by atoms with Gasteiger partial charge in [0.25, 0.3) is 5.69 Å². The summed E-state index contributed by atoms with van der Waals surface area (Å²) < 4.78 is 9.87. The van der Waals surface area contributed by atoms with Crippen molar-refractivity contribution in [2.24, 2.45) is 0 Å². The summed E-state index contributed by atoms with van der Waals surface area (Å²) in [4.78, 5) is 21.2. The average Bonchev–Trinajstić information content (AvgIpc) is 2.44. The van der Waals surface area contributed by atoms with Crippen LogP contribution in [0.2, 0.25) is 0 Å². The molecule has 0 amide bonds. The highest BCUT2D eigenvalue weighted by molar-refractivity contribution is 5.73. The van der Waals surface area contributed by atoms with Crippen LogP contribution in [-0.2, 0) is 14.3 Å². The summed E-state index contributed by atoms with van der Waals surface area (Å²) in [7, 11) is 0. The maximum absolute atomic E-state index is 11.2. The molecule has 7 heteroatoms. The van der Waals surface area contributed by atoms with Crippen molar-refractivity contribution in [2.75, 3.05) is 13.2 Å². The molecule has 0 spiro atoms. The zero-order valence-electron chi connectivity index (χ0n) is 10.7. The van der Waals surface area contributed by atoms with Crippen molar-refractivity contribution in [3.8, 4) is 6.07 Å². The van der Waals surface area contributed by atoms with Gasteiger partial charge in [0.15, 0.2) is 6.61 Å². The molecule has 0 saturated carbocycles. The standard InChI is InChI=1S/C13H12N2O5/c1-2-19-13(16)9-20-12(7-8-14)10-3-5-11(6-4-10)15(17)18/h3-7H,2,9H2,1H3/b12-7-. The Morgan fingerprint density at radius 2 is 2.05 bits per heavy atom. The lowest BCUT2D eigenvalue weighted by Gasteiger charge is -2.09. The van der Waals surface area contributed by atoms with Crippen LogP contribution in [0.1, 0.15) is 12.5 Å². The average molecular weight is 276 g/mol. The second-order valence-corrected chi connectivity index (χ2v) is 3.54. The maximum atomic E-state index is 11.2. The fraction of sp³-hybridized carbons (Fsp3) is 0.231. The molecule has 1 rings (SSSR count). The van der Waals surface area contributed by atoms with Crippen molar-refractivity contribution in [2.45, 2.75) is 6.92 Å². The summed E-state index contributed by atoms with van der Waals surface area (Å²) in [5, 5.41) is 19.2. The normalized spacial score (nSPS) is 10.5. The van der Waals surface area contributed by atoms with Crippen molar-refractivity contribution in [1.82, 2.24) is 0 Å². The van der Waals surface area contributed by atoms with Crippen molar-refractivity contribution in [3.05, 3.63) is 46.0 Å². The zero-order valence-corrected chi connectivity index (χ0v) is 10.7. The molecule has 7 nitrogen and oxygen atoms in total. The summed E-state index contributed by atoms with van der Waals surface area (Å²) in [5.41, 5.74) is 0.386. The number of allylic oxidation sites excluding steroid dienone is 1. The van der Waals surface area contributed by atoms with Gasteiger partial charge in [-0.05, 0) is 19.1 Å². The maximum Gasteiger partial charge on any atom is 0.344 e. The molecule has 20 heavy (non-hydrogen) atoms. The molecule has 104 valence electrons. The summed E-state index contributed by atoms with van der Waals surface area (Å²) >= 11 is 0. The fourth-order valence-corrected chi connectivity index (χ4v) is 1.35. The fourth-order valence-electron chi connectivity index (χ4n) is 1.35. The molecule has 0 aliphatic carbocycles. The molecule has 0 radical (unpaired) electrons. The Hall–Kier alpha value is -2.88.